The van der Waals surface area contributed by atoms with E-state index in [2.05, 4.69) is 79.7 Å². The number of aromatic nitrogens is 17. The van der Waals surface area contributed by atoms with E-state index in [4.69, 9.17) is 24.7 Å². The predicted molar refractivity (Wildman–Crippen MR) is 378 cm³/mol. The van der Waals surface area contributed by atoms with Crippen molar-refractivity contribution in [3.8, 4) is 100 Å². The normalized spacial score (nSPS) is 14.7. The number of ether oxygens (including phenoxy) is 1. The molecule has 2 saturated heterocycles. The molecule has 2 unspecified atom stereocenters. The van der Waals surface area contributed by atoms with Crippen molar-refractivity contribution >= 4 is 38.8 Å². The SMILES string of the molecule is Cc1ccc(-c2cnc(-c3cccc(-c4cnn(C)c4)c3)nc2NC2CCN(S(C)(=O)=O)CC2)cn1.Cc1nnc(-c2cnc(-c3cccc(-c4cnn(C)c4)c3)nc2NCC(O)C(F)(F)F)s1.Cn1cc(-c2cccc(-c3ncc(-c4cnn(C)c4)c(NCC4CCCOC4)n3)c2)cn1. The van der Waals surface area contributed by atoms with Crippen LogP contribution in [0.15, 0.2) is 159 Å². The van der Waals surface area contributed by atoms with E-state index in [0.717, 1.165) is 110 Å². The fourth-order valence-electron chi connectivity index (χ4n) is 11.4. The highest BCUT2D eigenvalue weighted by Crippen LogP contribution is 2.36. The summed E-state index contributed by atoms with van der Waals surface area (Å²) < 4.78 is 76.4. The summed E-state index contributed by atoms with van der Waals surface area (Å²) >= 11 is 1.26. The van der Waals surface area contributed by atoms with Gasteiger partial charge in [0.05, 0.1) is 49.8 Å². The number of hydrogen-bond donors (Lipinski definition) is 4. The summed E-state index contributed by atoms with van der Waals surface area (Å²) in [7, 11) is 4.36. The minimum atomic E-state index is -4.75. The Morgan fingerprint density at radius 2 is 1.05 bits per heavy atom. The van der Waals surface area contributed by atoms with Gasteiger partial charge in [-0.15, -0.1) is 10.2 Å². The highest BCUT2D eigenvalue weighted by Gasteiger charge is 2.38. The van der Waals surface area contributed by atoms with E-state index in [0.29, 0.717) is 70.5 Å². The highest BCUT2D eigenvalue weighted by atomic mass is 32.2. The van der Waals surface area contributed by atoms with Crippen molar-refractivity contribution in [1.82, 2.24) is 88.5 Å². The molecule has 30 heteroatoms. The van der Waals surface area contributed by atoms with Crippen molar-refractivity contribution in [3.63, 3.8) is 0 Å². The molecule has 25 nitrogen and oxygen atoms in total. The molecule has 516 valence electrons. The summed E-state index contributed by atoms with van der Waals surface area (Å²) in [6.07, 6.45) is 19.8. The van der Waals surface area contributed by atoms with Crippen molar-refractivity contribution in [3.05, 3.63) is 170 Å². The molecule has 11 heterocycles. The number of aliphatic hydroxyl groups is 1. The van der Waals surface area contributed by atoms with Crippen LogP contribution in [-0.2, 0) is 43.0 Å². The Balaban J connectivity index is 0.000000143. The number of nitrogens with one attached hydrogen (secondary N) is 3. The molecule has 0 amide bonds. The molecule has 0 spiro atoms. The molecule has 0 saturated carbocycles. The van der Waals surface area contributed by atoms with Crippen LogP contribution in [0.4, 0.5) is 30.6 Å². The number of hydrogen-bond acceptors (Lipinski definition) is 21. The fraction of sp³-hybridized carbons (Fsp3) is 0.300. The summed E-state index contributed by atoms with van der Waals surface area (Å²) in [5.74, 6) is 3.76. The molecule has 14 rings (SSSR count). The number of nitrogens with zero attached hydrogens (tertiary/aromatic N) is 18. The number of sulfonamides is 1. The van der Waals surface area contributed by atoms with E-state index in [1.54, 1.807) is 37.9 Å². The summed E-state index contributed by atoms with van der Waals surface area (Å²) in [4.78, 5) is 32.5. The van der Waals surface area contributed by atoms with Gasteiger partial charge in [-0.2, -0.15) is 33.6 Å². The lowest BCUT2D eigenvalue weighted by Crippen LogP contribution is -2.42. The molecule has 3 aromatic carbocycles. The Hall–Kier alpha value is -10.5. The maximum absolute atomic E-state index is 12.8. The Labute approximate surface area is 579 Å². The molecule has 4 N–H and O–H groups in total. The zero-order valence-electron chi connectivity index (χ0n) is 56.0. The largest absolute Gasteiger partial charge is 0.416 e. The Bertz CT molecular complexity index is 4890. The standard InChI is InChI=1S/C26H29N7O2S.C24H27N7O.C20H18F3N7OS/c1-18-7-8-21(14-27-18)24-16-28-25(20-6-4-5-19(13-20)22-15-29-32(2)17-22)31-26(24)30-23-9-11-33(12-10-23)36(3,34)35;1-30-14-20(11-27-30)18-6-3-7-19(9-18)23-26-13-22(21-12-28-31(2)15-21)24(29-23)25-10-17-5-4-8-32-16-17;1-11-28-29-19(32-11)15-8-24-17(27-18(15)25-9-16(31)20(21,22)23)13-5-3-4-12(6-13)14-7-26-30(2)10-14/h4-8,13-17,23H,9-12H2,1-3H3,(H,28,30,31);3,6-7,9,11-15,17H,4-5,8,10,16H2,1-2H3,(H,25,26,29);3-8,10,16,31H,9H2,1-2H3,(H,24,25,27). The van der Waals surface area contributed by atoms with Crippen LogP contribution in [-0.4, -0.2) is 166 Å². The van der Waals surface area contributed by atoms with Crippen LogP contribution in [0.2, 0.25) is 0 Å². The molecule has 9 aromatic heterocycles. The maximum Gasteiger partial charge on any atom is 0.416 e. The zero-order chi connectivity index (χ0) is 70.1. The number of pyridine rings is 1. The van der Waals surface area contributed by atoms with E-state index in [-0.39, 0.29) is 11.9 Å². The fourth-order valence-corrected chi connectivity index (χ4v) is 13.0. The second kappa shape index (κ2) is 30.7. The number of halogens is 3. The van der Waals surface area contributed by atoms with Gasteiger partial charge in [-0.25, -0.2) is 42.6 Å². The number of aryl methyl sites for hydroxylation is 6. The number of anilines is 3. The highest BCUT2D eigenvalue weighted by molar-refractivity contribution is 7.88. The van der Waals surface area contributed by atoms with Gasteiger partial charge in [-0.1, -0.05) is 72.0 Å². The van der Waals surface area contributed by atoms with Gasteiger partial charge >= 0.3 is 6.18 Å². The monoisotopic (exact) mass is 1390 g/mol. The van der Waals surface area contributed by atoms with E-state index < -0.39 is 28.8 Å². The lowest BCUT2D eigenvalue weighted by molar-refractivity contribution is -0.198. The van der Waals surface area contributed by atoms with Crippen LogP contribution in [0.5, 0.6) is 0 Å². The van der Waals surface area contributed by atoms with E-state index in [1.807, 2.05) is 158 Å². The number of alkyl halides is 3. The second-order valence-electron chi connectivity index (χ2n) is 24.5. The number of rotatable bonds is 18. The molecular weight excluding hydrogens is 1320 g/mol. The summed E-state index contributed by atoms with van der Waals surface area (Å²) in [6, 6.07) is 27.9. The summed E-state index contributed by atoms with van der Waals surface area (Å²) in [5, 5.41) is 45.3. The lowest BCUT2D eigenvalue weighted by atomic mass is 10.0. The minimum absolute atomic E-state index is 0.102. The Kier molecular flexibility index (Phi) is 21.3. The third-order valence-corrected chi connectivity index (χ3v) is 18.9. The van der Waals surface area contributed by atoms with Gasteiger partial charge < -0.3 is 25.8 Å². The van der Waals surface area contributed by atoms with Crippen LogP contribution in [0.25, 0.3) is 100 Å². The number of piperidine rings is 1. The van der Waals surface area contributed by atoms with Crippen LogP contribution < -0.4 is 16.0 Å². The summed E-state index contributed by atoms with van der Waals surface area (Å²) in [5.41, 5.74) is 13.6. The first kappa shape index (κ1) is 69.4. The van der Waals surface area contributed by atoms with Crippen molar-refractivity contribution in [1.29, 1.82) is 0 Å². The first-order valence-corrected chi connectivity index (χ1v) is 34.9. The third-order valence-electron chi connectivity index (χ3n) is 16.8. The molecule has 0 radical (unpaired) electrons. The Morgan fingerprint density at radius 3 is 1.49 bits per heavy atom. The van der Waals surface area contributed by atoms with Gasteiger partial charge in [0.15, 0.2) is 28.6 Å². The van der Waals surface area contributed by atoms with Crippen LogP contribution in [0.3, 0.4) is 0 Å². The molecule has 0 aliphatic carbocycles. The zero-order valence-corrected chi connectivity index (χ0v) is 57.6. The lowest BCUT2D eigenvalue weighted by Gasteiger charge is -2.31. The smallest absolute Gasteiger partial charge is 0.382 e. The van der Waals surface area contributed by atoms with Gasteiger partial charge in [-0.3, -0.25) is 23.7 Å². The maximum atomic E-state index is 12.8. The molecule has 0 bridgehead atoms. The quantitative estimate of drug-likeness (QED) is 0.0621. The second-order valence-corrected chi connectivity index (χ2v) is 27.7. The van der Waals surface area contributed by atoms with Gasteiger partial charge in [-0.05, 0) is 86.4 Å². The van der Waals surface area contributed by atoms with Crippen molar-refractivity contribution < 1.29 is 31.4 Å². The van der Waals surface area contributed by atoms with Crippen molar-refractivity contribution in [2.75, 3.05) is 61.6 Å². The van der Waals surface area contributed by atoms with Gasteiger partial charge in [0.2, 0.25) is 10.0 Å². The van der Waals surface area contributed by atoms with Gasteiger partial charge in [0.25, 0.3) is 0 Å². The van der Waals surface area contributed by atoms with E-state index >= 15 is 0 Å². The third kappa shape index (κ3) is 17.5. The average Bonchev–Trinajstić information content (AvgIpc) is 1.33. The first-order valence-electron chi connectivity index (χ1n) is 32.3. The molecular formula is C70H74F3N21O4S2. The predicted octanol–water partition coefficient (Wildman–Crippen LogP) is 11.2. The van der Waals surface area contributed by atoms with Crippen LogP contribution in [0.1, 0.15) is 36.4 Å². The molecule has 2 aliphatic rings. The Morgan fingerprint density at radius 1 is 0.570 bits per heavy atom. The van der Waals surface area contributed by atoms with Crippen LogP contribution in [0, 0.1) is 19.8 Å². The van der Waals surface area contributed by atoms with Crippen molar-refractivity contribution in [2.24, 2.45) is 34.1 Å². The van der Waals surface area contributed by atoms with Gasteiger partial charge in [0.1, 0.15) is 22.5 Å². The first-order chi connectivity index (χ1) is 48.1. The molecule has 100 heavy (non-hydrogen) atoms. The molecule has 2 fully saturated rings. The molecule has 12 aromatic rings. The molecule has 2 aliphatic heterocycles. The van der Waals surface area contributed by atoms with Crippen molar-refractivity contribution in [2.45, 2.75) is 57.9 Å². The topological polar surface area (TPSA) is 290 Å². The van der Waals surface area contributed by atoms with Crippen LogP contribution >= 0.6 is 11.3 Å². The number of aliphatic hydroxyl groups excluding tert-OH is 1. The summed E-state index contributed by atoms with van der Waals surface area (Å²) in [6.45, 7) is 6.41. The number of benzene rings is 3. The minimum Gasteiger partial charge on any atom is -0.382 e. The van der Waals surface area contributed by atoms with E-state index in [9.17, 15) is 26.7 Å². The molecule has 2 atom stereocenters. The average molecular weight is 1390 g/mol. The van der Waals surface area contributed by atoms with E-state index in [1.165, 1.54) is 34.5 Å². The van der Waals surface area contributed by atoms with Gasteiger partial charge in [0, 0.05) is 171 Å².